The Hall–Kier alpha value is 0.0600. The smallest absolute Gasteiger partial charge is 1.00 e. The van der Waals surface area contributed by atoms with E-state index in [0.29, 0.717) is 6.08 Å². The molecule has 0 bridgehead atoms. The van der Waals surface area contributed by atoms with Crippen molar-refractivity contribution in [3.05, 3.63) is 12.7 Å². The van der Waals surface area contributed by atoms with E-state index >= 15 is 0 Å². The first-order valence-corrected chi connectivity index (χ1v) is 3.34. The summed E-state index contributed by atoms with van der Waals surface area (Å²) in [4.78, 5) is 9.96. The summed E-state index contributed by atoms with van der Waals surface area (Å²) >= 11 is 0. The number of carboxylic acids is 1. The van der Waals surface area contributed by atoms with Gasteiger partial charge >= 0.3 is 35.5 Å². The van der Waals surface area contributed by atoms with Gasteiger partial charge in [0, 0.05) is 6.42 Å². The number of hydrogen-bond acceptors (Lipinski definition) is 3. The molecule has 0 spiro atoms. The van der Waals surface area contributed by atoms with Crippen LogP contribution in [0.4, 0.5) is 4.39 Å². The van der Waals surface area contributed by atoms with E-state index in [2.05, 4.69) is 6.58 Å². The number of aliphatic hydroxyl groups is 2. The van der Waals surface area contributed by atoms with Gasteiger partial charge in [-0.25, -0.2) is 4.39 Å². The van der Waals surface area contributed by atoms with E-state index in [1.165, 1.54) is 0 Å². The van der Waals surface area contributed by atoms with Gasteiger partial charge in [-0.3, -0.25) is 4.79 Å². The molecule has 0 aromatic heterocycles. The van der Waals surface area contributed by atoms with Crippen LogP contribution in [0.3, 0.4) is 0 Å². The van der Waals surface area contributed by atoms with Crippen molar-refractivity contribution in [1.29, 1.82) is 0 Å². The molecule has 0 saturated heterocycles. The van der Waals surface area contributed by atoms with Gasteiger partial charge < -0.3 is 16.7 Å². The zero-order valence-corrected chi connectivity index (χ0v) is 9.40. The Bertz CT molecular complexity index is 189. The minimum absolute atomic E-state index is 0. The predicted molar refractivity (Wildman–Crippen MR) is 40.2 cm³/mol. The summed E-state index contributed by atoms with van der Waals surface area (Å²) in [7, 11) is 0. The number of carbonyl (C=O) groups is 1. The second-order valence-corrected chi connectivity index (χ2v) is 2.39. The number of carboxylic acid groups (broad SMARTS) is 1. The first kappa shape index (κ1) is 15.5. The Morgan fingerprint density at radius 3 is 2.46 bits per heavy atom. The third kappa shape index (κ3) is 6.17. The molecular formula is C7H12FNaO4. The van der Waals surface area contributed by atoms with E-state index < -0.39 is 30.8 Å². The van der Waals surface area contributed by atoms with Crippen LogP contribution in [0.1, 0.15) is 14.3 Å². The van der Waals surface area contributed by atoms with Gasteiger partial charge in [0.05, 0.1) is 0 Å². The Morgan fingerprint density at radius 2 is 2.15 bits per heavy atom. The van der Waals surface area contributed by atoms with Crippen LogP contribution >= 0.6 is 0 Å². The van der Waals surface area contributed by atoms with Crippen LogP contribution < -0.4 is 29.6 Å². The Morgan fingerprint density at radius 1 is 1.69 bits per heavy atom. The number of alkyl halides is 1. The molecule has 72 valence electrons. The van der Waals surface area contributed by atoms with Gasteiger partial charge in [0.2, 0.25) is 5.79 Å². The topological polar surface area (TPSA) is 77.8 Å². The van der Waals surface area contributed by atoms with Crippen molar-refractivity contribution in [3.63, 3.8) is 0 Å². The monoisotopic (exact) mass is 202 g/mol. The molecule has 0 heterocycles. The van der Waals surface area contributed by atoms with Crippen LogP contribution in [0, 0.1) is 0 Å². The van der Waals surface area contributed by atoms with Crippen LogP contribution in [-0.2, 0) is 4.79 Å². The zero-order valence-electron chi connectivity index (χ0n) is 8.40. The molecule has 0 aliphatic rings. The van der Waals surface area contributed by atoms with Crippen molar-refractivity contribution in [2.24, 2.45) is 0 Å². The Balaban J connectivity index is -0.000000605. The summed E-state index contributed by atoms with van der Waals surface area (Å²) in [6, 6.07) is 0. The fourth-order valence-corrected chi connectivity index (χ4v) is 0.591. The van der Waals surface area contributed by atoms with Crippen molar-refractivity contribution in [2.45, 2.75) is 24.8 Å². The molecule has 0 aromatic carbocycles. The Labute approximate surface area is 98.8 Å². The summed E-state index contributed by atoms with van der Waals surface area (Å²) in [6.45, 7) is 2.99. The maximum absolute atomic E-state index is 12.7. The summed E-state index contributed by atoms with van der Waals surface area (Å²) < 4.78 is 12.7. The van der Waals surface area contributed by atoms with E-state index in [1.807, 2.05) is 0 Å². The number of hydrogen-bond donors (Lipinski definition) is 3. The van der Waals surface area contributed by atoms with Crippen LogP contribution in [-0.4, -0.2) is 33.2 Å². The largest absolute Gasteiger partial charge is 1.00 e. The molecule has 0 amide bonds. The van der Waals surface area contributed by atoms with Crippen LogP contribution in [0.25, 0.3) is 0 Å². The summed E-state index contributed by atoms with van der Waals surface area (Å²) in [5.41, 5.74) is 0. The molecule has 0 saturated carbocycles. The quantitative estimate of drug-likeness (QED) is 0.255. The third-order valence-corrected chi connectivity index (χ3v) is 1.37. The zero-order chi connectivity index (χ0) is 9.78. The molecule has 0 aliphatic heterocycles. The molecular weight excluding hydrogens is 190 g/mol. The fraction of sp³-hybridized carbons (Fsp3) is 0.571. The van der Waals surface area contributed by atoms with E-state index in [9.17, 15) is 9.18 Å². The molecule has 4 nitrogen and oxygen atoms in total. The number of rotatable bonds is 5. The van der Waals surface area contributed by atoms with Crippen molar-refractivity contribution in [2.75, 3.05) is 0 Å². The standard InChI is InChI=1S/C7H11FO4.Na.H/c1-2-7(11,12)5(8)3-4-6(9)10;;/h2,5,11-12H,1,3-4H2,(H,9,10);;/q;+1;-1. The van der Waals surface area contributed by atoms with Gasteiger partial charge in [-0.15, -0.1) is 0 Å². The van der Waals surface area contributed by atoms with Crippen molar-refractivity contribution in [1.82, 2.24) is 0 Å². The molecule has 3 N–H and O–H groups in total. The second-order valence-electron chi connectivity index (χ2n) is 2.39. The normalized spacial score (nSPS) is 12.8. The minimum atomic E-state index is -2.63. The van der Waals surface area contributed by atoms with E-state index in [0.717, 1.165) is 0 Å². The molecule has 1 atom stereocenters. The molecule has 0 rings (SSSR count). The average molecular weight is 202 g/mol. The molecule has 0 radical (unpaired) electrons. The molecule has 0 fully saturated rings. The average Bonchev–Trinajstić information content (AvgIpc) is 2.00. The molecule has 0 aromatic rings. The third-order valence-electron chi connectivity index (χ3n) is 1.37. The van der Waals surface area contributed by atoms with Crippen molar-refractivity contribution < 1.29 is 55.5 Å². The van der Waals surface area contributed by atoms with Gasteiger partial charge in [-0.1, -0.05) is 6.58 Å². The van der Waals surface area contributed by atoms with Crippen LogP contribution in [0.5, 0.6) is 0 Å². The van der Waals surface area contributed by atoms with Crippen molar-refractivity contribution >= 4 is 5.97 Å². The second kappa shape index (κ2) is 6.50. The van der Waals surface area contributed by atoms with E-state index in [4.69, 9.17) is 15.3 Å². The summed E-state index contributed by atoms with van der Waals surface area (Å²) in [6.07, 6.45) is -2.29. The fourth-order valence-electron chi connectivity index (χ4n) is 0.591. The first-order chi connectivity index (χ1) is 5.40. The van der Waals surface area contributed by atoms with E-state index in [-0.39, 0.29) is 31.0 Å². The first-order valence-electron chi connectivity index (χ1n) is 3.34. The van der Waals surface area contributed by atoms with E-state index in [1.54, 1.807) is 0 Å². The SMILES string of the molecule is C=CC(O)(O)C(F)CCC(=O)O.[H-].[Na+]. The molecule has 1 unspecified atom stereocenters. The number of aliphatic carboxylic acids is 1. The molecule has 13 heavy (non-hydrogen) atoms. The van der Waals surface area contributed by atoms with Gasteiger partial charge in [0.1, 0.15) is 0 Å². The summed E-state index contributed by atoms with van der Waals surface area (Å²) in [5.74, 6) is -3.81. The van der Waals surface area contributed by atoms with Crippen molar-refractivity contribution in [3.8, 4) is 0 Å². The predicted octanol–water partition coefficient (Wildman–Crippen LogP) is -2.83. The molecule has 0 aliphatic carbocycles. The van der Waals surface area contributed by atoms with Crippen LogP contribution in [0.2, 0.25) is 0 Å². The Kier molecular flexibility index (Phi) is 7.77. The van der Waals surface area contributed by atoms with Gasteiger partial charge in [0.25, 0.3) is 0 Å². The minimum Gasteiger partial charge on any atom is -1.00 e. The molecule has 6 heteroatoms. The van der Waals surface area contributed by atoms with Gasteiger partial charge in [0.15, 0.2) is 6.17 Å². The van der Waals surface area contributed by atoms with Crippen LogP contribution in [0.15, 0.2) is 12.7 Å². The summed E-state index contributed by atoms with van der Waals surface area (Å²) in [5, 5.41) is 25.7. The number of halogens is 1. The van der Waals surface area contributed by atoms with Gasteiger partial charge in [-0.05, 0) is 12.5 Å². The van der Waals surface area contributed by atoms with Gasteiger partial charge in [-0.2, -0.15) is 0 Å². The maximum atomic E-state index is 12.7. The maximum Gasteiger partial charge on any atom is 1.00 e.